The van der Waals surface area contributed by atoms with Crippen molar-refractivity contribution in [3.63, 3.8) is 0 Å². The lowest BCUT2D eigenvalue weighted by atomic mass is 10.1. The van der Waals surface area contributed by atoms with Crippen LogP contribution in [0.15, 0.2) is 17.1 Å². The molecule has 9 heteroatoms. The van der Waals surface area contributed by atoms with E-state index in [1.165, 1.54) is 4.57 Å². The van der Waals surface area contributed by atoms with Gasteiger partial charge in [-0.25, -0.2) is 4.79 Å². The molecule has 1 aromatic rings. The van der Waals surface area contributed by atoms with Crippen LogP contribution in [0.25, 0.3) is 0 Å². The minimum Gasteiger partial charge on any atom is -0.394 e. The van der Waals surface area contributed by atoms with Gasteiger partial charge >= 0.3 is 5.69 Å². The maximum atomic E-state index is 12.5. The lowest BCUT2D eigenvalue weighted by molar-refractivity contribution is -0.0763. The number of nitrogens with two attached hydrogens (primary N) is 1. The number of nitrogen functional groups attached to an aromatic ring is 1. The van der Waals surface area contributed by atoms with Crippen molar-refractivity contribution >= 4 is 22.0 Å². The van der Waals surface area contributed by atoms with Crippen LogP contribution in [-0.4, -0.2) is 53.0 Å². The summed E-state index contributed by atoms with van der Waals surface area (Å²) in [6.07, 6.45) is 0.330. The third-order valence-corrected chi connectivity index (χ3v) is 20.4. The average Bonchev–Trinajstić information content (AvgIpc) is 2.91. The smallest absolute Gasteiger partial charge is 0.351 e. The molecule has 0 bridgehead atoms. The minimum absolute atomic E-state index is 0.0954. The van der Waals surface area contributed by atoms with Crippen molar-refractivity contribution in [2.24, 2.45) is 0 Å². The maximum Gasteiger partial charge on any atom is 0.351 e. The summed E-state index contributed by atoms with van der Waals surface area (Å²) in [7, 11) is -4.71. The van der Waals surface area contributed by atoms with Gasteiger partial charge in [0.1, 0.15) is 18.1 Å². The molecule has 0 radical (unpaired) electrons. The fourth-order valence-electron chi connectivity index (χ4n) is 3.94. The van der Waals surface area contributed by atoms with Gasteiger partial charge in [0.05, 0.1) is 27.1 Å². The minimum atomic E-state index is -2.43. The lowest BCUT2D eigenvalue weighted by Crippen LogP contribution is -2.69. The number of hydrogen-bond acceptors (Lipinski definition) is 6. The molecule has 2 heterocycles. The molecule has 30 heavy (non-hydrogen) atoms. The molecule has 7 nitrogen and oxygen atoms in total. The zero-order valence-corrected chi connectivity index (χ0v) is 22.3. The van der Waals surface area contributed by atoms with Crippen molar-refractivity contribution in [3.8, 4) is 0 Å². The Hall–Kier alpha value is -1.01. The standard InChI is InChI=1S/C21H41N3O4Si2/c1-19(2,3)29(7,8)17(25)16-21(27,30(9,10)20(4,5)6)13-15(28-16)24-12-11-14(22)23-18(24)26/h11-12,15-17,25,27H,13H2,1-10H3,(H2,22,23,26)/t15-,16-,17?,21-/m1/s1. The highest BCUT2D eigenvalue weighted by atomic mass is 28.3. The summed E-state index contributed by atoms with van der Waals surface area (Å²) in [4.78, 5) is 16.3. The second-order valence-electron chi connectivity index (χ2n) is 12.0. The van der Waals surface area contributed by atoms with Crippen molar-refractivity contribution in [2.45, 2.75) is 108 Å². The molecular formula is C21H41N3O4Si2. The Labute approximate surface area is 182 Å². The number of rotatable bonds is 4. The molecule has 1 aromatic heterocycles. The highest BCUT2D eigenvalue weighted by Crippen LogP contribution is 2.54. The van der Waals surface area contributed by atoms with Gasteiger partial charge in [0.15, 0.2) is 0 Å². The topological polar surface area (TPSA) is 111 Å². The predicted octanol–water partition coefficient (Wildman–Crippen LogP) is 3.30. The number of nitrogens with zero attached hydrogens (tertiary/aromatic N) is 2. The van der Waals surface area contributed by atoms with Crippen molar-refractivity contribution in [1.29, 1.82) is 0 Å². The monoisotopic (exact) mass is 455 g/mol. The first-order valence-corrected chi connectivity index (χ1v) is 16.8. The van der Waals surface area contributed by atoms with Crippen LogP contribution < -0.4 is 11.4 Å². The Kier molecular flexibility index (Phi) is 6.35. The Morgan fingerprint density at radius 3 is 2.17 bits per heavy atom. The zero-order chi connectivity index (χ0) is 23.5. The van der Waals surface area contributed by atoms with Crippen LogP contribution in [0.3, 0.4) is 0 Å². The van der Waals surface area contributed by atoms with Gasteiger partial charge in [-0.2, -0.15) is 4.98 Å². The molecule has 0 aliphatic carbocycles. The summed E-state index contributed by atoms with van der Waals surface area (Å²) in [6.45, 7) is 21.4. The summed E-state index contributed by atoms with van der Waals surface area (Å²) in [6, 6.07) is 1.55. The molecule has 1 aliphatic heterocycles. The van der Waals surface area contributed by atoms with Gasteiger partial charge in [-0.05, 0) is 16.1 Å². The SMILES string of the molecule is CC(C)(C)[Si](C)(C)C(O)[C@H]1O[C@@H](n2ccc(N)nc2=O)C[C@@]1(O)[Si](C)(C)C(C)(C)C. The van der Waals surface area contributed by atoms with Crippen LogP contribution in [0.2, 0.25) is 36.3 Å². The van der Waals surface area contributed by atoms with Crippen molar-refractivity contribution < 1.29 is 14.9 Å². The number of aliphatic hydroxyl groups is 2. The Balaban J connectivity index is 2.62. The molecule has 1 fully saturated rings. The highest BCUT2D eigenvalue weighted by molar-refractivity contribution is 6.84. The maximum absolute atomic E-state index is 12.5. The van der Waals surface area contributed by atoms with Gasteiger partial charge in [-0.1, -0.05) is 67.7 Å². The van der Waals surface area contributed by atoms with E-state index < -0.39 is 45.1 Å². The van der Waals surface area contributed by atoms with Crippen molar-refractivity contribution in [1.82, 2.24) is 9.55 Å². The van der Waals surface area contributed by atoms with Gasteiger partial charge in [-0.3, -0.25) is 4.57 Å². The Morgan fingerprint density at radius 2 is 1.73 bits per heavy atom. The average molecular weight is 456 g/mol. The van der Waals surface area contributed by atoms with Crippen LogP contribution in [0.4, 0.5) is 5.82 Å². The second kappa shape index (κ2) is 7.55. The van der Waals surface area contributed by atoms with E-state index in [-0.39, 0.29) is 22.3 Å². The first kappa shape index (κ1) is 25.3. The largest absolute Gasteiger partial charge is 0.394 e. The molecule has 4 atom stereocenters. The van der Waals surface area contributed by atoms with Gasteiger partial charge < -0.3 is 20.7 Å². The third-order valence-electron chi connectivity index (χ3n) is 8.34. The molecule has 2 rings (SSSR count). The summed E-state index contributed by atoms with van der Waals surface area (Å²) in [5, 5.41) is 22.4. The summed E-state index contributed by atoms with van der Waals surface area (Å²) >= 11 is 0. The normalized spacial score (nSPS) is 27.3. The van der Waals surface area contributed by atoms with E-state index in [0.717, 1.165) is 0 Å². The third kappa shape index (κ3) is 3.95. The van der Waals surface area contributed by atoms with E-state index in [9.17, 15) is 15.0 Å². The molecule has 0 aromatic carbocycles. The molecule has 0 amide bonds. The van der Waals surface area contributed by atoms with Crippen LogP contribution in [0.5, 0.6) is 0 Å². The fourth-order valence-corrected chi connectivity index (χ4v) is 9.03. The van der Waals surface area contributed by atoms with E-state index in [1.807, 2.05) is 0 Å². The van der Waals surface area contributed by atoms with Crippen molar-refractivity contribution in [2.75, 3.05) is 5.73 Å². The molecule has 0 saturated carbocycles. The molecule has 1 aliphatic rings. The number of anilines is 1. The van der Waals surface area contributed by atoms with Crippen LogP contribution >= 0.6 is 0 Å². The number of ether oxygens (including phenoxy) is 1. The summed E-state index contributed by atoms with van der Waals surface area (Å²) < 4.78 is 7.74. The Bertz CT molecular complexity index is 842. The number of aromatic nitrogens is 2. The second-order valence-corrected chi connectivity index (χ2v) is 23.1. The van der Waals surface area contributed by atoms with E-state index >= 15 is 0 Å². The van der Waals surface area contributed by atoms with Gasteiger partial charge in [0, 0.05) is 12.6 Å². The van der Waals surface area contributed by atoms with E-state index in [0.29, 0.717) is 0 Å². The van der Waals surface area contributed by atoms with E-state index in [1.54, 1.807) is 12.3 Å². The van der Waals surface area contributed by atoms with Gasteiger partial charge in [0.2, 0.25) is 0 Å². The summed E-state index contributed by atoms with van der Waals surface area (Å²) in [5.41, 5.74) is 4.34. The first-order valence-electron chi connectivity index (χ1n) is 10.7. The van der Waals surface area contributed by atoms with Crippen LogP contribution in [-0.2, 0) is 4.74 Å². The van der Waals surface area contributed by atoms with Crippen molar-refractivity contribution in [3.05, 3.63) is 22.7 Å². The van der Waals surface area contributed by atoms with Crippen LogP contribution in [0, 0.1) is 0 Å². The van der Waals surface area contributed by atoms with Crippen LogP contribution in [0.1, 0.15) is 54.2 Å². The van der Waals surface area contributed by atoms with Gasteiger partial charge in [-0.15, -0.1) is 0 Å². The first-order chi connectivity index (χ1) is 13.3. The quantitative estimate of drug-likeness (QED) is 0.601. The van der Waals surface area contributed by atoms with E-state index in [4.69, 9.17) is 10.5 Å². The lowest BCUT2D eigenvalue weighted by Gasteiger charge is -2.52. The fraction of sp³-hybridized carbons (Fsp3) is 0.810. The Morgan fingerprint density at radius 1 is 1.20 bits per heavy atom. The van der Waals surface area contributed by atoms with E-state index in [2.05, 4.69) is 72.7 Å². The van der Waals surface area contributed by atoms with Gasteiger partial charge in [0.25, 0.3) is 0 Å². The summed E-state index contributed by atoms with van der Waals surface area (Å²) in [5.74, 6) is 0.145. The molecular weight excluding hydrogens is 414 g/mol. The highest BCUT2D eigenvalue weighted by Gasteiger charge is 2.65. The molecule has 0 spiro atoms. The number of aliphatic hydroxyl groups excluding tert-OH is 1. The molecule has 1 saturated heterocycles. The number of hydrogen-bond donors (Lipinski definition) is 3. The molecule has 172 valence electrons. The molecule has 4 N–H and O–H groups in total. The molecule has 1 unspecified atom stereocenters. The predicted molar refractivity (Wildman–Crippen MR) is 127 cm³/mol. The zero-order valence-electron chi connectivity index (χ0n) is 20.3.